The number of likely N-dealkylation sites (tertiary alicyclic amines) is 1. The molecular weight excluding hydrogens is 192 g/mol. The van der Waals surface area contributed by atoms with Crippen molar-refractivity contribution in [2.45, 2.75) is 25.0 Å². The first-order chi connectivity index (χ1) is 7.26. The van der Waals surface area contributed by atoms with Gasteiger partial charge in [-0.05, 0) is 26.4 Å². The second-order valence-electron chi connectivity index (χ2n) is 4.32. The molecule has 1 fully saturated rings. The highest BCUT2D eigenvalue weighted by atomic mass is 16.5. The van der Waals surface area contributed by atoms with Gasteiger partial charge in [0.05, 0.1) is 12.7 Å². The standard InChI is InChI=1S/C11H24N2O2/c1-13-6-4-5-10(8-13)12-7-11(15-3)9-14-2/h10-12H,4-9H2,1-3H3. The molecule has 1 heterocycles. The third-order valence-corrected chi connectivity index (χ3v) is 2.94. The molecule has 4 nitrogen and oxygen atoms in total. The summed E-state index contributed by atoms with van der Waals surface area (Å²) in [5.74, 6) is 0. The predicted molar refractivity (Wildman–Crippen MR) is 61.2 cm³/mol. The molecule has 0 saturated carbocycles. The summed E-state index contributed by atoms with van der Waals surface area (Å²) in [5, 5.41) is 3.54. The number of hydrogen-bond donors (Lipinski definition) is 1. The molecule has 0 amide bonds. The topological polar surface area (TPSA) is 33.7 Å². The Bertz CT molecular complexity index is 167. The molecule has 1 aliphatic heterocycles. The van der Waals surface area contributed by atoms with Gasteiger partial charge in [0.15, 0.2) is 0 Å². The van der Waals surface area contributed by atoms with Crippen molar-refractivity contribution in [1.29, 1.82) is 0 Å². The molecule has 1 N–H and O–H groups in total. The van der Waals surface area contributed by atoms with E-state index >= 15 is 0 Å². The van der Waals surface area contributed by atoms with E-state index in [-0.39, 0.29) is 6.10 Å². The molecule has 2 unspecified atom stereocenters. The van der Waals surface area contributed by atoms with Crippen LogP contribution in [-0.4, -0.2) is 64.6 Å². The molecule has 90 valence electrons. The highest BCUT2D eigenvalue weighted by Gasteiger charge is 2.17. The average molecular weight is 216 g/mol. The van der Waals surface area contributed by atoms with Crippen molar-refractivity contribution in [2.75, 3.05) is 47.5 Å². The normalized spacial score (nSPS) is 25.4. The molecule has 0 aromatic rings. The quantitative estimate of drug-likeness (QED) is 0.694. The first-order valence-corrected chi connectivity index (χ1v) is 5.70. The second kappa shape index (κ2) is 7.17. The summed E-state index contributed by atoms with van der Waals surface area (Å²) < 4.78 is 10.4. The van der Waals surface area contributed by atoms with Crippen LogP contribution in [0.15, 0.2) is 0 Å². The van der Waals surface area contributed by atoms with E-state index in [4.69, 9.17) is 9.47 Å². The maximum atomic E-state index is 5.31. The van der Waals surface area contributed by atoms with Crippen molar-refractivity contribution in [3.63, 3.8) is 0 Å². The van der Waals surface area contributed by atoms with E-state index in [0.717, 1.165) is 13.1 Å². The number of nitrogens with zero attached hydrogens (tertiary/aromatic N) is 1. The molecule has 0 aliphatic carbocycles. The number of hydrogen-bond acceptors (Lipinski definition) is 4. The van der Waals surface area contributed by atoms with Gasteiger partial charge in [0.25, 0.3) is 0 Å². The first kappa shape index (κ1) is 12.9. The first-order valence-electron chi connectivity index (χ1n) is 5.70. The van der Waals surface area contributed by atoms with Crippen LogP contribution in [0.2, 0.25) is 0 Å². The monoisotopic (exact) mass is 216 g/mol. The van der Waals surface area contributed by atoms with Crippen molar-refractivity contribution in [2.24, 2.45) is 0 Å². The SMILES string of the molecule is COCC(CNC1CCCN(C)C1)OC. The zero-order valence-electron chi connectivity index (χ0n) is 10.2. The molecule has 1 saturated heterocycles. The van der Waals surface area contributed by atoms with Crippen molar-refractivity contribution in [1.82, 2.24) is 10.2 Å². The van der Waals surface area contributed by atoms with Gasteiger partial charge in [-0.25, -0.2) is 0 Å². The lowest BCUT2D eigenvalue weighted by Crippen LogP contribution is -2.47. The zero-order valence-corrected chi connectivity index (χ0v) is 10.2. The van der Waals surface area contributed by atoms with Gasteiger partial charge >= 0.3 is 0 Å². The maximum Gasteiger partial charge on any atom is 0.0928 e. The number of piperidine rings is 1. The largest absolute Gasteiger partial charge is 0.382 e. The Morgan fingerprint density at radius 3 is 2.87 bits per heavy atom. The minimum atomic E-state index is 0.169. The van der Waals surface area contributed by atoms with Gasteiger partial charge in [-0.2, -0.15) is 0 Å². The fourth-order valence-electron chi connectivity index (χ4n) is 2.03. The highest BCUT2D eigenvalue weighted by molar-refractivity contribution is 4.77. The van der Waals surface area contributed by atoms with Gasteiger partial charge in [-0.3, -0.25) is 0 Å². The van der Waals surface area contributed by atoms with E-state index in [0.29, 0.717) is 12.6 Å². The Hall–Kier alpha value is -0.160. The van der Waals surface area contributed by atoms with Crippen LogP contribution in [0.5, 0.6) is 0 Å². The Morgan fingerprint density at radius 1 is 1.47 bits per heavy atom. The highest BCUT2D eigenvalue weighted by Crippen LogP contribution is 2.07. The molecule has 1 rings (SSSR count). The summed E-state index contributed by atoms with van der Waals surface area (Å²) in [5.41, 5.74) is 0. The Morgan fingerprint density at radius 2 is 2.27 bits per heavy atom. The predicted octanol–water partition coefficient (Wildman–Crippen LogP) is 0.332. The Labute approximate surface area is 92.9 Å². The molecule has 0 spiro atoms. The molecular formula is C11H24N2O2. The molecule has 0 aromatic heterocycles. The van der Waals surface area contributed by atoms with Crippen LogP contribution in [0.25, 0.3) is 0 Å². The van der Waals surface area contributed by atoms with E-state index in [1.165, 1.54) is 19.4 Å². The minimum Gasteiger partial charge on any atom is -0.382 e. The van der Waals surface area contributed by atoms with Crippen LogP contribution in [0.1, 0.15) is 12.8 Å². The van der Waals surface area contributed by atoms with Gasteiger partial charge < -0.3 is 19.7 Å². The number of nitrogens with one attached hydrogen (secondary N) is 1. The van der Waals surface area contributed by atoms with Crippen LogP contribution in [0.4, 0.5) is 0 Å². The second-order valence-corrected chi connectivity index (χ2v) is 4.32. The van der Waals surface area contributed by atoms with Crippen LogP contribution >= 0.6 is 0 Å². The summed E-state index contributed by atoms with van der Waals surface area (Å²) in [6, 6.07) is 0.609. The van der Waals surface area contributed by atoms with Crippen LogP contribution in [0, 0.1) is 0 Å². The average Bonchev–Trinajstić information content (AvgIpc) is 2.24. The molecule has 0 radical (unpaired) electrons. The van der Waals surface area contributed by atoms with E-state index in [1.807, 2.05) is 0 Å². The summed E-state index contributed by atoms with van der Waals surface area (Å²) in [4.78, 5) is 2.37. The smallest absolute Gasteiger partial charge is 0.0928 e. The minimum absolute atomic E-state index is 0.169. The fourth-order valence-corrected chi connectivity index (χ4v) is 2.03. The number of likely N-dealkylation sites (N-methyl/N-ethyl adjacent to an activating group) is 1. The van der Waals surface area contributed by atoms with Gasteiger partial charge in [-0.1, -0.05) is 0 Å². The van der Waals surface area contributed by atoms with Gasteiger partial charge in [0, 0.05) is 33.4 Å². The third-order valence-electron chi connectivity index (χ3n) is 2.94. The van der Waals surface area contributed by atoms with E-state index in [2.05, 4.69) is 17.3 Å². The van der Waals surface area contributed by atoms with Gasteiger partial charge in [0.2, 0.25) is 0 Å². The molecule has 15 heavy (non-hydrogen) atoms. The molecule has 4 heteroatoms. The Kier molecular flexibility index (Phi) is 6.17. The van der Waals surface area contributed by atoms with Crippen LogP contribution in [0.3, 0.4) is 0 Å². The number of rotatable bonds is 6. The lowest BCUT2D eigenvalue weighted by atomic mass is 10.1. The Balaban J connectivity index is 2.16. The van der Waals surface area contributed by atoms with Crippen molar-refractivity contribution in [3.05, 3.63) is 0 Å². The van der Waals surface area contributed by atoms with Crippen molar-refractivity contribution in [3.8, 4) is 0 Å². The zero-order chi connectivity index (χ0) is 11.1. The van der Waals surface area contributed by atoms with E-state index < -0.39 is 0 Å². The summed E-state index contributed by atoms with van der Waals surface area (Å²) >= 11 is 0. The van der Waals surface area contributed by atoms with Crippen molar-refractivity contribution < 1.29 is 9.47 Å². The van der Waals surface area contributed by atoms with Crippen molar-refractivity contribution >= 4 is 0 Å². The molecule has 2 atom stereocenters. The molecule has 0 aromatic carbocycles. The van der Waals surface area contributed by atoms with Crippen LogP contribution in [-0.2, 0) is 9.47 Å². The summed E-state index contributed by atoms with van der Waals surface area (Å²) in [7, 11) is 5.62. The molecule has 1 aliphatic rings. The van der Waals surface area contributed by atoms with Gasteiger partial charge in [0.1, 0.15) is 0 Å². The molecule has 0 bridgehead atoms. The summed E-state index contributed by atoms with van der Waals surface area (Å²) in [6.45, 7) is 3.91. The fraction of sp³-hybridized carbons (Fsp3) is 1.00. The third kappa shape index (κ3) is 4.93. The van der Waals surface area contributed by atoms with Crippen LogP contribution < -0.4 is 5.32 Å². The number of methoxy groups -OCH3 is 2. The van der Waals surface area contributed by atoms with E-state index in [1.54, 1.807) is 14.2 Å². The number of ether oxygens (including phenoxy) is 2. The summed E-state index contributed by atoms with van der Waals surface area (Å²) in [6.07, 6.45) is 2.73. The lowest BCUT2D eigenvalue weighted by molar-refractivity contribution is 0.0258. The lowest BCUT2D eigenvalue weighted by Gasteiger charge is -2.31. The maximum absolute atomic E-state index is 5.31. The van der Waals surface area contributed by atoms with E-state index in [9.17, 15) is 0 Å². The van der Waals surface area contributed by atoms with Gasteiger partial charge in [-0.15, -0.1) is 0 Å².